The zero-order chi connectivity index (χ0) is 18.1. The normalized spacial score (nSPS) is 22.0. The first-order valence-corrected chi connectivity index (χ1v) is 10.6. The van der Waals surface area contributed by atoms with Gasteiger partial charge in [0.15, 0.2) is 0 Å². The van der Waals surface area contributed by atoms with Crippen LogP contribution in [-0.2, 0) is 0 Å². The van der Waals surface area contributed by atoms with Gasteiger partial charge in [0.1, 0.15) is 5.75 Å². The summed E-state index contributed by atoms with van der Waals surface area (Å²) in [6.45, 7) is 4.18. The lowest BCUT2D eigenvalue weighted by molar-refractivity contribution is 0.0932. The van der Waals surface area contributed by atoms with Gasteiger partial charge in [0, 0.05) is 34.8 Å². The Labute approximate surface area is 159 Å². The van der Waals surface area contributed by atoms with E-state index in [2.05, 4.69) is 23.2 Å². The summed E-state index contributed by atoms with van der Waals surface area (Å²) in [5.41, 5.74) is 0.647. The number of nitrogens with one attached hydrogen (secondary N) is 1. The van der Waals surface area contributed by atoms with Crippen molar-refractivity contribution in [1.29, 1.82) is 0 Å². The van der Waals surface area contributed by atoms with Gasteiger partial charge >= 0.3 is 0 Å². The molecule has 4 rings (SSSR count). The van der Waals surface area contributed by atoms with Crippen LogP contribution < -0.4 is 10.1 Å². The van der Waals surface area contributed by atoms with E-state index >= 15 is 0 Å². The summed E-state index contributed by atoms with van der Waals surface area (Å²) in [4.78, 5) is 16.7. The third-order valence-corrected chi connectivity index (χ3v) is 6.87. The van der Waals surface area contributed by atoms with Crippen molar-refractivity contribution >= 4 is 27.3 Å². The van der Waals surface area contributed by atoms with Gasteiger partial charge < -0.3 is 10.1 Å². The van der Waals surface area contributed by atoms with E-state index in [0.29, 0.717) is 11.3 Å². The monoisotopic (exact) mass is 372 g/mol. The fraction of sp³-hybridized carbons (Fsp3) is 0.571. The van der Waals surface area contributed by atoms with E-state index in [1.54, 1.807) is 18.4 Å². The number of methoxy groups -OCH3 is 1. The quantitative estimate of drug-likeness (QED) is 0.867. The van der Waals surface area contributed by atoms with Crippen molar-refractivity contribution in [2.75, 3.05) is 20.2 Å². The molecule has 0 bridgehead atoms. The van der Waals surface area contributed by atoms with E-state index in [0.717, 1.165) is 30.9 Å². The number of benzene rings is 1. The molecular formula is C21H28N2O2S. The van der Waals surface area contributed by atoms with E-state index in [1.807, 2.05) is 12.1 Å². The largest absolute Gasteiger partial charge is 0.496 e. The van der Waals surface area contributed by atoms with Crippen molar-refractivity contribution in [2.45, 2.75) is 57.5 Å². The predicted octanol–water partition coefficient (Wildman–Crippen LogP) is 4.36. The van der Waals surface area contributed by atoms with Crippen LogP contribution in [-0.4, -0.2) is 43.1 Å². The van der Waals surface area contributed by atoms with Crippen LogP contribution in [0, 0.1) is 6.92 Å². The number of likely N-dealkylation sites (tertiary alicyclic amines) is 1. The third kappa shape index (κ3) is 3.60. The molecule has 0 radical (unpaired) electrons. The van der Waals surface area contributed by atoms with Crippen LogP contribution >= 0.6 is 11.3 Å². The molecule has 1 aliphatic heterocycles. The Morgan fingerprint density at radius 3 is 2.77 bits per heavy atom. The Kier molecular flexibility index (Phi) is 5.18. The third-order valence-electron chi connectivity index (χ3n) is 5.85. The highest BCUT2D eigenvalue weighted by Gasteiger charge is 2.30. The van der Waals surface area contributed by atoms with Crippen LogP contribution in [0.3, 0.4) is 0 Å². The van der Waals surface area contributed by atoms with Crippen molar-refractivity contribution < 1.29 is 9.53 Å². The van der Waals surface area contributed by atoms with Crippen LogP contribution in [0.1, 0.15) is 53.8 Å². The van der Waals surface area contributed by atoms with E-state index in [4.69, 9.17) is 4.74 Å². The number of rotatable bonds is 4. The van der Waals surface area contributed by atoms with Crippen molar-refractivity contribution in [3.05, 3.63) is 28.6 Å². The molecule has 1 amide bonds. The summed E-state index contributed by atoms with van der Waals surface area (Å²) in [6, 6.07) is 7.07. The van der Waals surface area contributed by atoms with Crippen LogP contribution in [0.5, 0.6) is 5.75 Å². The highest BCUT2D eigenvalue weighted by Crippen LogP contribution is 2.32. The maximum atomic E-state index is 12.9. The molecule has 2 fully saturated rings. The number of ether oxygens (including phenoxy) is 1. The number of aryl methyl sites for hydroxylation is 1. The Balaban J connectivity index is 1.45. The second-order valence-electron chi connectivity index (χ2n) is 7.69. The number of carbonyl (C=O) groups excluding carboxylic acids is 1. The average molecular weight is 373 g/mol. The molecule has 26 heavy (non-hydrogen) atoms. The summed E-state index contributed by atoms with van der Waals surface area (Å²) in [5.74, 6) is 0.655. The summed E-state index contributed by atoms with van der Waals surface area (Å²) >= 11 is 1.73. The second kappa shape index (κ2) is 7.57. The van der Waals surface area contributed by atoms with E-state index in [1.165, 1.54) is 41.7 Å². The standard InChI is InChI=1S/C21H28N2O2S/c1-14-10-15-11-18(19(25-2)12-20(15)26-14)21(24)22-16-8-9-23(13-16)17-6-4-3-5-7-17/h10-12,16-17H,3-9,13H2,1-2H3,(H,22,24)/t16-/m0/s1. The smallest absolute Gasteiger partial charge is 0.255 e. The highest BCUT2D eigenvalue weighted by molar-refractivity contribution is 7.19. The topological polar surface area (TPSA) is 41.6 Å². The van der Waals surface area contributed by atoms with Gasteiger partial charge in [-0.2, -0.15) is 0 Å². The number of nitrogens with zero attached hydrogens (tertiary/aromatic N) is 1. The number of hydrogen-bond acceptors (Lipinski definition) is 4. The molecule has 2 aliphatic rings. The first-order valence-electron chi connectivity index (χ1n) is 9.77. The molecule has 2 aromatic rings. The Hall–Kier alpha value is -1.59. The summed E-state index contributed by atoms with van der Waals surface area (Å²) in [6.07, 6.45) is 7.79. The first kappa shape index (κ1) is 17.8. The van der Waals surface area contributed by atoms with Crippen LogP contribution in [0.2, 0.25) is 0 Å². The molecule has 1 aromatic heterocycles. The van der Waals surface area contributed by atoms with Gasteiger partial charge in [0.05, 0.1) is 12.7 Å². The zero-order valence-electron chi connectivity index (χ0n) is 15.7. The Bertz CT molecular complexity index is 795. The fourth-order valence-electron chi connectivity index (χ4n) is 4.49. The minimum Gasteiger partial charge on any atom is -0.496 e. The van der Waals surface area contributed by atoms with Crippen molar-refractivity contribution in [3.63, 3.8) is 0 Å². The molecule has 5 heteroatoms. The van der Waals surface area contributed by atoms with Gasteiger partial charge in [0.25, 0.3) is 5.91 Å². The van der Waals surface area contributed by atoms with Crippen molar-refractivity contribution in [2.24, 2.45) is 0 Å². The van der Waals surface area contributed by atoms with E-state index in [9.17, 15) is 4.79 Å². The van der Waals surface area contributed by atoms with Crippen LogP contribution in [0.25, 0.3) is 10.1 Å². The van der Waals surface area contributed by atoms with Crippen molar-refractivity contribution in [3.8, 4) is 5.75 Å². The fourth-order valence-corrected chi connectivity index (χ4v) is 5.43. The molecule has 140 valence electrons. The molecule has 1 saturated heterocycles. The maximum Gasteiger partial charge on any atom is 0.255 e. The lowest BCUT2D eigenvalue weighted by Crippen LogP contribution is -2.40. The van der Waals surface area contributed by atoms with Gasteiger partial charge in [-0.05, 0) is 49.8 Å². The Morgan fingerprint density at radius 1 is 1.19 bits per heavy atom. The molecule has 0 unspecified atom stereocenters. The molecule has 0 spiro atoms. The molecule has 1 aliphatic carbocycles. The summed E-state index contributed by atoms with van der Waals surface area (Å²) in [5, 5.41) is 4.37. The lowest BCUT2D eigenvalue weighted by Gasteiger charge is -2.31. The van der Waals surface area contributed by atoms with Crippen molar-refractivity contribution in [1.82, 2.24) is 10.2 Å². The molecular weight excluding hydrogens is 344 g/mol. The average Bonchev–Trinajstić information content (AvgIpc) is 3.26. The number of thiophene rings is 1. The molecule has 1 aromatic carbocycles. The minimum atomic E-state index is -0.0110. The lowest BCUT2D eigenvalue weighted by atomic mass is 9.94. The summed E-state index contributed by atoms with van der Waals surface area (Å²) in [7, 11) is 1.64. The van der Waals surface area contributed by atoms with Gasteiger partial charge in [0.2, 0.25) is 0 Å². The Morgan fingerprint density at radius 2 is 2.00 bits per heavy atom. The molecule has 1 atom stereocenters. The molecule has 4 nitrogen and oxygen atoms in total. The zero-order valence-corrected chi connectivity index (χ0v) is 16.5. The number of carbonyl (C=O) groups is 1. The molecule has 1 saturated carbocycles. The van der Waals surface area contributed by atoms with E-state index < -0.39 is 0 Å². The number of fused-ring (bicyclic) bond motifs is 1. The van der Waals surface area contributed by atoms with Crippen LogP contribution in [0.4, 0.5) is 0 Å². The predicted molar refractivity (Wildman–Crippen MR) is 107 cm³/mol. The first-order chi connectivity index (χ1) is 12.6. The summed E-state index contributed by atoms with van der Waals surface area (Å²) < 4.78 is 6.67. The van der Waals surface area contributed by atoms with E-state index in [-0.39, 0.29) is 11.9 Å². The number of hydrogen-bond donors (Lipinski definition) is 1. The van der Waals surface area contributed by atoms with Gasteiger partial charge in [-0.1, -0.05) is 19.3 Å². The highest BCUT2D eigenvalue weighted by atomic mass is 32.1. The van der Waals surface area contributed by atoms with Crippen LogP contribution in [0.15, 0.2) is 18.2 Å². The van der Waals surface area contributed by atoms with Gasteiger partial charge in [-0.25, -0.2) is 0 Å². The second-order valence-corrected chi connectivity index (χ2v) is 8.98. The van der Waals surface area contributed by atoms with Gasteiger partial charge in [-0.3, -0.25) is 9.69 Å². The molecule has 1 N–H and O–H groups in total. The minimum absolute atomic E-state index is 0.0110. The maximum absolute atomic E-state index is 12.9. The SMILES string of the molecule is COc1cc2sc(C)cc2cc1C(=O)N[C@H]1CCN(C2CCCCC2)C1. The van der Waals surface area contributed by atoms with Gasteiger partial charge in [-0.15, -0.1) is 11.3 Å². The molecule has 2 heterocycles. The number of amides is 1.